The van der Waals surface area contributed by atoms with Crippen LogP contribution in [-0.4, -0.2) is 43.1 Å². The zero-order chi connectivity index (χ0) is 22.1. The summed E-state index contributed by atoms with van der Waals surface area (Å²) in [5.41, 5.74) is 9.08. The molecule has 3 aromatic rings. The molecule has 0 saturated heterocycles. The number of allylic oxidation sites excluding steroid dienone is 1. The van der Waals surface area contributed by atoms with Crippen molar-refractivity contribution in [2.45, 2.75) is 31.7 Å². The molecule has 0 fully saturated rings. The van der Waals surface area contributed by atoms with E-state index in [1.807, 2.05) is 44.2 Å². The lowest BCUT2D eigenvalue weighted by molar-refractivity contribution is 0.517. The van der Waals surface area contributed by atoms with Crippen LogP contribution in [0.1, 0.15) is 22.5 Å². The van der Waals surface area contributed by atoms with E-state index in [0.29, 0.717) is 11.8 Å². The van der Waals surface area contributed by atoms with E-state index in [-0.39, 0.29) is 23.8 Å². The summed E-state index contributed by atoms with van der Waals surface area (Å²) >= 11 is 0. The summed E-state index contributed by atoms with van der Waals surface area (Å²) in [7, 11) is -0.515. The molecule has 0 amide bonds. The maximum absolute atomic E-state index is 13.9. The molecule has 0 radical (unpaired) electrons. The Hall–Kier alpha value is -2.55. The minimum Gasteiger partial charge on any atom is -0.327 e. The van der Waals surface area contributed by atoms with Crippen molar-refractivity contribution < 1.29 is 12.8 Å². The number of aryl methyl sites for hydroxylation is 1. The van der Waals surface area contributed by atoms with Crippen LogP contribution < -0.4 is 5.73 Å². The van der Waals surface area contributed by atoms with Gasteiger partial charge in [-0.1, -0.05) is 30.3 Å². The molecule has 0 bridgehead atoms. The van der Waals surface area contributed by atoms with E-state index in [0.717, 1.165) is 27.9 Å². The number of hydrogen-bond donors (Lipinski definition) is 1. The summed E-state index contributed by atoms with van der Waals surface area (Å²) in [6, 6.07) is 11.0. The van der Waals surface area contributed by atoms with E-state index >= 15 is 0 Å². The number of fused-ring (bicyclic) bond motifs is 1. The van der Waals surface area contributed by atoms with Crippen LogP contribution in [0, 0.1) is 13.8 Å². The largest absolute Gasteiger partial charge is 0.327 e. The third-order valence-electron chi connectivity index (χ3n) is 5.27. The van der Waals surface area contributed by atoms with Crippen molar-refractivity contribution in [1.82, 2.24) is 14.1 Å². The third kappa shape index (κ3) is 4.16. The van der Waals surface area contributed by atoms with Gasteiger partial charge in [-0.3, -0.25) is 4.68 Å². The first-order valence-corrected chi connectivity index (χ1v) is 11.1. The smallest absolute Gasteiger partial charge is 0.243 e. The number of aromatic nitrogens is 2. The molecular formula is C22H27FN4O2S. The van der Waals surface area contributed by atoms with Crippen molar-refractivity contribution in [3.8, 4) is 0 Å². The molecule has 2 N–H and O–H groups in total. The van der Waals surface area contributed by atoms with Gasteiger partial charge in [0, 0.05) is 43.7 Å². The van der Waals surface area contributed by atoms with Crippen LogP contribution in [0.2, 0.25) is 0 Å². The molecule has 1 heterocycles. The molecular weight excluding hydrogens is 403 g/mol. The minimum absolute atomic E-state index is 0.0463. The predicted octanol–water partition coefficient (Wildman–Crippen LogP) is 3.31. The van der Waals surface area contributed by atoms with Gasteiger partial charge in [-0.15, -0.1) is 0 Å². The Morgan fingerprint density at radius 1 is 1.17 bits per heavy atom. The normalized spacial score (nSPS) is 12.8. The SMILES string of the molecule is Cc1nn(CC(F)=CCN)c(C)c1Cc1ccc(S(=O)(=O)N(C)C)c2ccccc12. The molecule has 0 aliphatic heterocycles. The molecule has 1 aromatic heterocycles. The van der Waals surface area contributed by atoms with Crippen LogP contribution in [0.25, 0.3) is 10.8 Å². The van der Waals surface area contributed by atoms with Gasteiger partial charge in [0.25, 0.3) is 0 Å². The van der Waals surface area contributed by atoms with Gasteiger partial charge in [-0.2, -0.15) is 5.10 Å². The summed E-state index contributed by atoms with van der Waals surface area (Å²) in [5, 5.41) is 6.04. The molecule has 30 heavy (non-hydrogen) atoms. The van der Waals surface area contributed by atoms with Crippen LogP contribution in [-0.2, 0) is 23.0 Å². The topological polar surface area (TPSA) is 81.2 Å². The van der Waals surface area contributed by atoms with Crippen molar-refractivity contribution >= 4 is 20.8 Å². The summed E-state index contributed by atoms with van der Waals surface area (Å²) < 4.78 is 42.3. The molecule has 160 valence electrons. The van der Waals surface area contributed by atoms with Gasteiger partial charge in [-0.05, 0) is 36.9 Å². The van der Waals surface area contributed by atoms with Gasteiger partial charge in [0.15, 0.2) is 0 Å². The van der Waals surface area contributed by atoms with Crippen molar-refractivity contribution in [3.63, 3.8) is 0 Å². The first kappa shape index (κ1) is 22.1. The lowest BCUT2D eigenvalue weighted by atomic mass is 9.97. The highest BCUT2D eigenvalue weighted by molar-refractivity contribution is 7.89. The minimum atomic E-state index is -3.57. The predicted molar refractivity (Wildman–Crippen MR) is 118 cm³/mol. The average Bonchev–Trinajstić information content (AvgIpc) is 2.95. The number of nitrogens with zero attached hydrogens (tertiary/aromatic N) is 3. The molecule has 0 unspecified atom stereocenters. The van der Waals surface area contributed by atoms with Gasteiger partial charge in [0.1, 0.15) is 5.83 Å². The van der Waals surface area contributed by atoms with E-state index in [2.05, 4.69) is 5.10 Å². The number of sulfonamides is 1. The van der Waals surface area contributed by atoms with E-state index < -0.39 is 10.0 Å². The molecule has 0 atom stereocenters. The summed E-state index contributed by atoms with van der Waals surface area (Å²) in [6.07, 6.45) is 1.91. The second kappa shape index (κ2) is 8.67. The highest BCUT2D eigenvalue weighted by atomic mass is 32.2. The second-order valence-corrected chi connectivity index (χ2v) is 9.55. The highest BCUT2D eigenvalue weighted by Gasteiger charge is 2.22. The quantitative estimate of drug-likeness (QED) is 0.624. The third-order valence-corrected chi connectivity index (χ3v) is 7.14. The molecule has 8 heteroatoms. The second-order valence-electron chi connectivity index (χ2n) is 7.43. The number of halogens is 1. The fraction of sp³-hybridized carbons (Fsp3) is 0.318. The number of benzene rings is 2. The fourth-order valence-electron chi connectivity index (χ4n) is 3.58. The van der Waals surface area contributed by atoms with Crippen LogP contribution >= 0.6 is 0 Å². The highest BCUT2D eigenvalue weighted by Crippen LogP contribution is 2.30. The van der Waals surface area contributed by atoms with Crippen LogP contribution in [0.4, 0.5) is 4.39 Å². The monoisotopic (exact) mass is 430 g/mol. The Kier molecular flexibility index (Phi) is 6.40. The van der Waals surface area contributed by atoms with E-state index in [1.54, 1.807) is 10.7 Å². The van der Waals surface area contributed by atoms with Crippen molar-refractivity contribution in [3.05, 3.63) is 70.8 Å². The summed E-state index contributed by atoms with van der Waals surface area (Å²) in [5.74, 6) is -0.321. The molecule has 0 aliphatic carbocycles. The zero-order valence-electron chi connectivity index (χ0n) is 17.7. The molecule has 0 aliphatic rings. The van der Waals surface area contributed by atoms with Gasteiger partial charge >= 0.3 is 0 Å². The first-order chi connectivity index (χ1) is 14.2. The maximum Gasteiger partial charge on any atom is 0.243 e. The summed E-state index contributed by atoms with van der Waals surface area (Å²) in [4.78, 5) is 0.282. The lowest BCUT2D eigenvalue weighted by Gasteiger charge is -2.16. The Morgan fingerprint density at radius 3 is 2.47 bits per heavy atom. The molecule has 0 saturated carbocycles. The fourth-order valence-corrected chi connectivity index (χ4v) is 4.67. The van der Waals surface area contributed by atoms with Crippen LogP contribution in [0.15, 0.2) is 53.2 Å². The van der Waals surface area contributed by atoms with Gasteiger partial charge in [0.05, 0.1) is 17.1 Å². The van der Waals surface area contributed by atoms with Crippen LogP contribution in [0.3, 0.4) is 0 Å². The van der Waals surface area contributed by atoms with Gasteiger partial charge < -0.3 is 5.73 Å². The number of hydrogen-bond acceptors (Lipinski definition) is 4. The zero-order valence-corrected chi connectivity index (χ0v) is 18.5. The van der Waals surface area contributed by atoms with E-state index in [4.69, 9.17) is 5.73 Å². The Labute approximate surface area is 176 Å². The Bertz CT molecular complexity index is 1210. The lowest BCUT2D eigenvalue weighted by Crippen LogP contribution is -2.22. The standard InChI is InChI=1S/C22H27FN4O2S/c1-15-21(16(2)27(25-15)14-18(23)11-12-24)13-17-9-10-22(30(28,29)26(3)4)20-8-6-5-7-19(17)20/h5-11H,12-14,24H2,1-4H3. The van der Waals surface area contributed by atoms with Gasteiger partial charge in [-0.25, -0.2) is 17.1 Å². The number of rotatable bonds is 7. The molecule has 0 spiro atoms. The average molecular weight is 431 g/mol. The van der Waals surface area contributed by atoms with E-state index in [9.17, 15) is 12.8 Å². The van der Waals surface area contributed by atoms with E-state index in [1.165, 1.54) is 24.5 Å². The van der Waals surface area contributed by atoms with Crippen LogP contribution in [0.5, 0.6) is 0 Å². The molecule has 6 nitrogen and oxygen atoms in total. The summed E-state index contributed by atoms with van der Waals surface area (Å²) in [6.45, 7) is 4.01. The Morgan fingerprint density at radius 2 is 1.83 bits per heavy atom. The van der Waals surface area contributed by atoms with Crippen molar-refractivity contribution in [2.24, 2.45) is 5.73 Å². The molecule has 3 rings (SSSR count). The van der Waals surface area contributed by atoms with Gasteiger partial charge in [0.2, 0.25) is 10.0 Å². The number of nitrogens with two attached hydrogens (primary N) is 1. The van der Waals surface area contributed by atoms with Crippen molar-refractivity contribution in [1.29, 1.82) is 0 Å². The molecule has 2 aromatic carbocycles. The first-order valence-electron chi connectivity index (χ1n) is 9.67. The van der Waals surface area contributed by atoms with Crippen molar-refractivity contribution in [2.75, 3.05) is 20.6 Å². The maximum atomic E-state index is 13.9. The Balaban J connectivity index is 2.06.